The van der Waals surface area contributed by atoms with E-state index in [2.05, 4.69) is 66.0 Å². The second kappa shape index (κ2) is 6.06. The van der Waals surface area contributed by atoms with Crippen LogP contribution < -0.4 is 11.3 Å². The van der Waals surface area contributed by atoms with Crippen LogP contribution in [0.4, 0.5) is 0 Å². The van der Waals surface area contributed by atoms with E-state index in [1.54, 1.807) is 0 Å². The molecule has 1 aromatic carbocycles. The van der Waals surface area contributed by atoms with Gasteiger partial charge in [0, 0.05) is 6.04 Å². The first-order chi connectivity index (χ1) is 8.66. The van der Waals surface area contributed by atoms with E-state index in [0.717, 1.165) is 6.42 Å². The van der Waals surface area contributed by atoms with Crippen molar-refractivity contribution in [2.45, 2.75) is 66.3 Å². The first-order valence-corrected chi connectivity index (χ1v) is 7.23. The van der Waals surface area contributed by atoms with Gasteiger partial charge in [0.1, 0.15) is 0 Å². The Morgan fingerprint density at radius 3 is 1.89 bits per heavy atom. The first kappa shape index (κ1) is 16.2. The second-order valence-corrected chi connectivity index (χ2v) is 7.06. The molecule has 0 saturated carbocycles. The first-order valence-electron chi connectivity index (χ1n) is 7.23. The molecular weight excluding hydrogens is 232 g/mol. The summed E-state index contributed by atoms with van der Waals surface area (Å²) in [4.78, 5) is 0. The molecule has 108 valence electrons. The van der Waals surface area contributed by atoms with Crippen molar-refractivity contribution in [3.05, 3.63) is 34.4 Å². The Bertz CT molecular complexity index is 404. The average molecular weight is 262 g/mol. The lowest BCUT2D eigenvalue weighted by Crippen LogP contribution is -2.40. The van der Waals surface area contributed by atoms with E-state index in [9.17, 15) is 0 Å². The molecular formula is C17H30N2. The Morgan fingerprint density at radius 1 is 1.11 bits per heavy atom. The Labute approximate surface area is 118 Å². The van der Waals surface area contributed by atoms with Crippen LogP contribution in [0.25, 0.3) is 0 Å². The molecule has 1 atom stereocenters. The third-order valence-electron chi connectivity index (χ3n) is 4.00. The van der Waals surface area contributed by atoms with Crippen molar-refractivity contribution < 1.29 is 0 Å². The van der Waals surface area contributed by atoms with Crippen LogP contribution in [0.5, 0.6) is 0 Å². The van der Waals surface area contributed by atoms with Crippen molar-refractivity contribution in [2.75, 3.05) is 0 Å². The van der Waals surface area contributed by atoms with Gasteiger partial charge < -0.3 is 0 Å². The van der Waals surface area contributed by atoms with Gasteiger partial charge in [-0.1, -0.05) is 46.8 Å². The molecule has 0 aliphatic rings. The molecule has 1 aromatic rings. The predicted octanol–water partition coefficient (Wildman–Crippen LogP) is 3.63. The van der Waals surface area contributed by atoms with Gasteiger partial charge in [-0.25, -0.2) is 0 Å². The number of hydrazine groups is 1. The summed E-state index contributed by atoms with van der Waals surface area (Å²) in [6, 6.07) is 4.99. The van der Waals surface area contributed by atoms with Crippen LogP contribution in [0.1, 0.15) is 56.9 Å². The lowest BCUT2D eigenvalue weighted by Gasteiger charge is -2.25. The minimum absolute atomic E-state index is 0.206. The van der Waals surface area contributed by atoms with E-state index in [1.165, 1.54) is 22.3 Å². The third-order valence-corrected chi connectivity index (χ3v) is 4.00. The molecule has 19 heavy (non-hydrogen) atoms. The molecule has 0 saturated heterocycles. The minimum atomic E-state index is 0.206. The summed E-state index contributed by atoms with van der Waals surface area (Å²) in [7, 11) is 0. The summed E-state index contributed by atoms with van der Waals surface area (Å²) in [5.74, 6) is 6.20. The van der Waals surface area contributed by atoms with Crippen molar-refractivity contribution in [3.8, 4) is 0 Å². The molecule has 0 radical (unpaired) electrons. The summed E-state index contributed by atoms with van der Waals surface area (Å²) < 4.78 is 0. The van der Waals surface area contributed by atoms with Crippen LogP contribution in [-0.2, 0) is 11.8 Å². The van der Waals surface area contributed by atoms with Crippen molar-refractivity contribution in [2.24, 2.45) is 11.8 Å². The molecule has 2 nitrogen and oxygen atoms in total. The zero-order valence-corrected chi connectivity index (χ0v) is 13.6. The molecule has 0 amide bonds. The SMILES string of the molecule is Cc1cc(C(C)(C)C)cc(C)c1CC(NN)C(C)C. The number of nitrogens with two attached hydrogens (primary N) is 1. The van der Waals surface area contributed by atoms with E-state index in [-0.39, 0.29) is 5.41 Å². The molecule has 0 aliphatic heterocycles. The predicted molar refractivity (Wildman–Crippen MR) is 84.3 cm³/mol. The minimum Gasteiger partial charge on any atom is -0.271 e. The van der Waals surface area contributed by atoms with Crippen LogP contribution in [0.3, 0.4) is 0 Å². The van der Waals surface area contributed by atoms with Crippen LogP contribution in [-0.4, -0.2) is 6.04 Å². The molecule has 0 aromatic heterocycles. The Morgan fingerprint density at radius 2 is 1.58 bits per heavy atom. The summed E-state index contributed by atoms with van der Waals surface area (Å²) in [5, 5.41) is 0. The molecule has 0 spiro atoms. The van der Waals surface area contributed by atoms with Gasteiger partial charge >= 0.3 is 0 Å². The number of aryl methyl sites for hydroxylation is 2. The van der Waals surface area contributed by atoms with Crippen LogP contribution >= 0.6 is 0 Å². The quantitative estimate of drug-likeness (QED) is 0.642. The number of nitrogens with one attached hydrogen (secondary N) is 1. The van der Waals surface area contributed by atoms with Crippen molar-refractivity contribution in [3.63, 3.8) is 0 Å². The summed E-state index contributed by atoms with van der Waals surface area (Å²) >= 11 is 0. The third kappa shape index (κ3) is 4.05. The lowest BCUT2D eigenvalue weighted by atomic mass is 9.82. The molecule has 0 aliphatic carbocycles. The van der Waals surface area contributed by atoms with Gasteiger partial charge in [0.2, 0.25) is 0 Å². The standard InChI is InChI=1S/C17H30N2/c1-11(2)16(19-18)10-15-12(3)8-14(9-13(15)4)17(5,6)7/h8-9,11,16,19H,10,18H2,1-7H3. The van der Waals surface area contributed by atoms with Crippen molar-refractivity contribution >= 4 is 0 Å². The highest BCUT2D eigenvalue weighted by molar-refractivity contribution is 5.41. The largest absolute Gasteiger partial charge is 0.271 e. The van der Waals surface area contributed by atoms with E-state index >= 15 is 0 Å². The molecule has 0 fully saturated rings. The molecule has 0 heterocycles. The van der Waals surface area contributed by atoms with Crippen LogP contribution in [0.2, 0.25) is 0 Å². The maximum atomic E-state index is 5.67. The average Bonchev–Trinajstić information content (AvgIpc) is 2.26. The molecule has 1 unspecified atom stereocenters. The summed E-state index contributed by atoms with van der Waals surface area (Å²) in [6.07, 6.45) is 0.996. The Kier molecular flexibility index (Phi) is 5.17. The van der Waals surface area contributed by atoms with Gasteiger partial charge in [0.25, 0.3) is 0 Å². The highest BCUT2D eigenvalue weighted by Crippen LogP contribution is 2.28. The van der Waals surface area contributed by atoms with Crippen LogP contribution in [0.15, 0.2) is 12.1 Å². The monoisotopic (exact) mass is 262 g/mol. The van der Waals surface area contributed by atoms with E-state index in [4.69, 9.17) is 5.84 Å². The van der Waals surface area contributed by atoms with Crippen LogP contribution in [0, 0.1) is 19.8 Å². The number of rotatable bonds is 4. The fourth-order valence-corrected chi connectivity index (χ4v) is 2.46. The summed E-state index contributed by atoms with van der Waals surface area (Å²) in [5.41, 5.74) is 8.76. The second-order valence-electron chi connectivity index (χ2n) is 7.06. The maximum absolute atomic E-state index is 5.67. The molecule has 3 N–H and O–H groups in total. The van der Waals surface area contributed by atoms with Gasteiger partial charge in [0.05, 0.1) is 0 Å². The van der Waals surface area contributed by atoms with Gasteiger partial charge in [-0.3, -0.25) is 11.3 Å². The van der Waals surface area contributed by atoms with E-state index in [0.29, 0.717) is 12.0 Å². The molecule has 1 rings (SSSR count). The van der Waals surface area contributed by atoms with Gasteiger partial charge in [-0.05, 0) is 53.9 Å². The summed E-state index contributed by atoms with van der Waals surface area (Å²) in [6.45, 7) is 15.6. The van der Waals surface area contributed by atoms with Gasteiger partial charge in [0.15, 0.2) is 0 Å². The maximum Gasteiger partial charge on any atom is 0.0274 e. The Balaban J connectivity index is 3.11. The number of hydrogen-bond acceptors (Lipinski definition) is 2. The van der Waals surface area contributed by atoms with E-state index in [1.807, 2.05) is 0 Å². The van der Waals surface area contributed by atoms with Gasteiger partial charge in [-0.15, -0.1) is 0 Å². The van der Waals surface area contributed by atoms with Crippen molar-refractivity contribution in [1.82, 2.24) is 5.43 Å². The smallest absolute Gasteiger partial charge is 0.0274 e. The van der Waals surface area contributed by atoms with Crippen molar-refractivity contribution in [1.29, 1.82) is 0 Å². The zero-order valence-electron chi connectivity index (χ0n) is 13.6. The normalized spacial score (nSPS) is 13.9. The highest BCUT2D eigenvalue weighted by Gasteiger charge is 2.19. The number of hydrogen-bond donors (Lipinski definition) is 2. The molecule has 0 bridgehead atoms. The topological polar surface area (TPSA) is 38.0 Å². The highest BCUT2D eigenvalue weighted by atomic mass is 15.2. The van der Waals surface area contributed by atoms with Gasteiger partial charge in [-0.2, -0.15) is 0 Å². The fraction of sp³-hybridized carbons (Fsp3) is 0.647. The van der Waals surface area contributed by atoms with E-state index < -0.39 is 0 Å². The Hall–Kier alpha value is -0.860. The molecule has 2 heteroatoms. The fourth-order valence-electron chi connectivity index (χ4n) is 2.46. The number of benzene rings is 1. The lowest BCUT2D eigenvalue weighted by molar-refractivity contribution is 0.403. The zero-order chi connectivity index (χ0) is 14.8.